The summed E-state index contributed by atoms with van der Waals surface area (Å²) in [7, 11) is 1.56. The van der Waals surface area contributed by atoms with Gasteiger partial charge in [0.15, 0.2) is 0 Å². The van der Waals surface area contributed by atoms with Gasteiger partial charge in [0.2, 0.25) is 0 Å². The Hall–Kier alpha value is -1.54. The molecule has 18 heavy (non-hydrogen) atoms. The van der Waals surface area contributed by atoms with Gasteiger partial charge < -0.3 is 5.32 Å². The Kier molecular flexibility index (Phi) is 4.74. The second-order valence-electron chi connectivity index (χ2n) is 3.82. The highest BCUT2D eigenvalue weighted by molar-refractivity contribution is 5.29. The fourth-order valence-electron chi connectivity index (χ4n) is 1.67. The molecule has 1 aromatic rings. The van der Waals surface area contributed by atoms with E-state index < -0.39 is 23.6 Å². The molecule has 1 aromatic carbocycles. The van der Waals surface area contributed by atoms with Crippen molar-refractivity contribution in [3.63, 3.8) is 0 Å². The molecule has 0 spiro atoms. The Morgan fingerprint density at radius 3 is 2.56 bits per heavy atom. The van der Waals surface area contributed by atoms with E-state index in [4.69, 9.17) is 6.42 Å². The molecule has 0 radical (unpaired) electrons. The summed E-state index contributed by atoms with van der Waals surface area (Å²) in [5, 5.41) is 2.77. The largest absolute Gasteiger partial charge is 0.416 e. The monoisotopic (exact) mass is 259 g/mol. The summed E-state index contributed by atoms with van der Waals surface area (Å²) in [6.07, 6.45) is 1.36. The first-order valence-corrected chi connectivity index (χ1v) is 5.37. The number of benzene rings is 1. The Labute approximate surface area is 103 Å². The van der Waals surface area contributed by atoms with E-state index in [0.717, 1.165) is 18.2 Å². The zero-order valence-corrected chi connectivity index (χ0v) is 9.81. The molecule has 0 aromatic heterocycles. The van der Waals surface area contributed by atoms with Crippen LogP contribution in [0.2, 0.25) is 0 Å². The number of nitrogens with one attached hydrogen (secondary N) is 1. The maximum Gasteiger partial charge on any atom is 0.416 e. The highest BCUT2D eigenvalue weighted by Gasteiger charge is 2.31. The predicted molar refractivity (Wildman–Crippen MR) is 61.3 cm³/mol. The van der Waals surface area contributed by atoms with Gasteiger partial charge in [0.25, 0.3) is 0 Å². The van der Waals surface area contributed by atoms with E-state index in [1.807, 2.05) is 0 Å². The summed E-state index contributed by atoms with van der Waals surface area (Å²) < 4.78 is 51.2. The second-order valence-corrected chi connectivity index (χ2v) is 3.82. The molecule has 98 valence electrons. The fourth-order valence-corrected chi connectivity index (χ4v) is 1.67. The van der Waals surface area contributed by atoms with E-state index in [2.05, 4.69) is 11.2 Å². The topological polar surface area (TPSA) is 12.0 Å². The third kappa shape index (κ3) is 3.47. The smallest absolute Gasteiger partial charge is 0.313 e. The average Bonchev–Trinajstić information content (AvgIpc) is 2.30. The van der Waals surface area contributed by atoms with Gasteiger partial charge in [0, 0.05) is 18.0 Å². The van der Waals surface area contributed by atoms with Gasteiger partial charge in [0.1, 0.15) is 5.82 Å². The van der Waals surface area contributed by atoms with Gasteiger partial charge in [-0.1, -0.05) is 0 Å². The molecule has 1 N–H and O–H groups in total. The van der Waals surface area contributed by atoms with Gasteiger partial charge in [-0.05, 0) is 31.7 Å². The normalized spacial score (nSPS) is 13.1. The quantitative estimate of drug-likeness (QED) is 0.644. The minimum absolute atomic E-state index is 0.0115. The first-order valence-electron chi connectivity index (χ1n) is 5.37. The van der Waals surface area contributed by atoms with E-state index in [1.165, 1.54) is 0 Å². The zero-order valence-electron chi connectivity index (χ0n) is 9.81. The van der Waals surface area contributed by atoms with Gasteiger partial charge >= 0.3 is 6.18 Å². The Morgan fingerprint density at radius 2 is 2.06 bits per heavy atom. The number of terminal acetylenes is 1. The van der Waals surface area contributed by atoms with E-state index in [9.17, 15) is 17.6 Å². The molecule has 1 nitrogen and oxygen atoms in total. The Morgan fingerprint density at radius 1 is 1.39 bits per heavy atom. The van der Waals surface area contributed by atoms with Crippen molar-refractivity contribution in [1.82, 2.24) is 5.32 Å². The molecule has 1 rings (SSSR count). The van der Waals surface area contributed by atoms with Crippen molar-refractivity contribution in [3.8, 4) is 12.3 Å². The molecule has 0 amide bonds. The maximum absolute atomic E-state index is 13.6. The lowest BCUT2D eigenvalue weighted by Crippen LogP contribution is -2.18. The summed E-state index contributed by atoms with van der Waals surface area (Å²) in [6.45, 7) is 0. The van der Waals surface area contributed by atoms with Crippen LogP contribution in [0.25, 0.3) is 0 Å². The molecule has 0 fully saturated rings. The van der Waals surface area contributed by atoms with Gasteiger partial charge in [-0.15, -0.1) is 12.3 Å². The standard InChI is InChI=1S/C13H13F4N/c1-3-4-5-12(18-2)10-8-9(13(15,16)17)6-7-11(10)14/h1,6-8,12,18H,4-5H2,2H3. The Bertz CT molecular complexity index is 445. The van der Waals surface area contributed by atoms with E-state index >= 15 is 0 Å². The summed E-state index contributed by atoms with van der Waals surface area (Å²) in [5.41, 5.74) is -0.873. The van der Waals surface area contributed by atoms with Crippen LogP contribution in [0.4, 0.5) is 17.6 Å². The number of hydrogen-bond donors (Lipinski definition) is 1. The van der Waals surface area contributed by atoms with Crippen LogP contribution in [-0.2, 0) is 6.18 Å². The van der Waals surface area contributed by atoms with Crippen LogP contribution in [0, 0.1) is 18.2 Å². The van der Waals surface area contributed by atoms with Crippen LogP contribution in [0.3, 0.4) is 0 Å². The van der Waals surface area contributed by atoms with Gasteiger partial charge in [-0.3, -0.25) is 0 Å². The lowest BCUT2D eigenvalue weighted by atomic mass is 9.99. The van der Waals surface area contributed by atoms with Crippen molar-refractivity contribution < 1.29 is 17.6 Å². The van der Waals surface area contributed by atoms with Crippen molar-refractivity contribution in [3.05, 3.63) is 35.1 Å². The van der Waals surface area contributed by atoms with Crippen molar-refractivity contribution in [2.75, 3.05) is 7.05 Å². The van der Waals surface area contributed by atoms with E-state index in [1.54, 1.807) is 7.05 Å². The molecule has 0 heterocycles. The molecule has 0 bridgehead atoms. The minimum atomic E-state index is -4.48. The number of hydrogen-bond acceptors (Lipinski definition) is 1. The molecule has 0 saturated carbocycles. The maximum atomic E-state index is 13.6. The van der Waals surface area contributed by atoms with Gasteiger partial charge in [-0.25, -0.2) is 4.39 Å². The molecule has 1 unspecified atom stereocenters. The van der Waals surface area contributed by atoms with Crippen LogP contribution >= 0.6 is 0 Å². The molecule has 1 atom stereocenters. The van der Waals surface area contributed by atoms with Crippen molar-refractivity contribution >= 4 is 0 Å². The lowest BCUT2D eigenvalue weighted by Gasteiger charge is -2.18. The average molecular weight is 259 g/mol. The summed E-state index contributed by atoms with van der Waals surface area (Å²) in [5.74, 6) is 1.71. The third-order valence-electron chi connectivity index (χ3n) is 2.62. The van der Waals surface area contributed by atoms with Crippen LogP contribution in [-0.4, -0.2) is 7.05 Å². The first kappa shape index (κ1) is 14.5. The van der Waals surface area contributed by atoms with Gasteiger partial charge in [0.05, 0.1) is 5.56 Å². The van der Waals surface area contributed by atoms with E-state index in [-0.39, 0.29) is 5.56 Å². The van der Waals surface area contributed by atoms with Crippen LogP contribution in [0.5, 0.6) is 0 Å². The van der Waals surface area contributed by atoms with Crippen LogP contribution in [0.1, 0.15) is 30.0 Å². The number of halogens is 4. The van der Waals surface area contributed by atoms with Crippen molar-refractivity contribution in [2.45, 2.75) is 25.1 Å². The Balaban J connectivity index is 3.10. The summed E-state index contributed by atoms with van der Waals surface area (Å²) in [4.78, 5) is 0. The molecular weight excluding hydrogens is 246 g/mol. The highest BCUT2D eigenvalue weighted by atomic mass is 19.4. The van der Waals surface area contributed by atoms with E-state index in [0.29, 0.717) is 12.8 Å². The van der Waals surface area contributed by atoms with Crippen molar-refractivity contribution in [2.24, 2.45) is 0 Å². The van der Waals surface area contributed by atoms with Crippen LogP contribution < -0.4 is 5.32 Å². The predicted octanol–water partition coefficient (Wildman–Crippen LogP) is 3.52. The molecule has 0 aliphatic heterocycles. The van der Waals surface area contributed by atoms with Crippen molar-refractivity contribution in [1.29, 1.82) is 0 Å². The molecule has 0 saturated heterocycles. The third-order valence-corrected chi connectivity index (χ3v) is 2.62. The molecular formula is C13H13F4N. The first-order chi connectivity index (χ1) is 8.40. The number of rotatable bonds is 4. The highest BCUT2D eigenvalue weighted by Crippen LogP contribution is 2.32. The fraction of sp³-hybridized carbons (Fsp3) is 0.385. The number of alkyl halides is 3. The molecule has 5 heteroatoms. The summed E-state index contributed by atoms with van der Waals surface area (Å²) in [6, 6.07) is 1.86. The van der Waals surface area contributed by atoms with Gasteiger partial charge in [-0.2, -0.15) is 13.2 Å². The SMILES string of the molecule is C#CCCC(NC)c1cc(C(F)(F)F)ccc1F. The zero-order chi connectivity index (χ0) is 13.8. The summed E-state index contributed by atoms with van der Waals surface area (Å²) >= 11 is 0. The molecule has 0 aliphatic carbocycles. The van der Waals surface area contributed by atoms with Crippen LogP contribution in [0.15, 0.2) is 18.2 Å². The second kappa shape index (κ2) is 5.87. The molecule has 0 aliphatic rings. The minimum Gasteiger partial charge on any atom is -0.313 e. The lowest BCUT2D eigenvalue weighted by molar-refractivity contribution is -0.137.